The number of esters is 1. The summed E-state index contributed by atoms with van der Waals surface area (Å²) in [5.41, 5.74) is -0.234. The van der Waals surface area contributed by atoms with E-state index in [4.69, 9.17) is 4.74 Å². The fraction of sp³-hybridized carbons (Fsp3) is 0.900. The second kappa shape index (κ2) is 5.98. The lowest BCUT2D eigenvalue weighted by Crippen LogP contribution is -2.43. The van der Waals surface area contributed by atoms with Gasteiger partial charge in [-0.1, -0.05) is 6.92 Å². The molecule has 0 radical (unpaired) electrons. The van der Waals surface area contributed by atoms with Crippen molar-refractivity contribution in [2.75, 3.05) is 20.3 Å². The lowest BCUT2D eigenvalue weighted by molar-refractivity contribution is -0.146. The highest BCUT2D eigenvalue weighted by Gasteiger charge is 2.21. The average molecular weight is 203 g/mol. The molecule has 4 heteroatoms. The summed E-state index contributed by atoms with van der Waals surface area (Å²) < 4.78 is 10.2. The summed E-state index contributed by atoms with van der Waals surface area (Å²) in [6.45, 7) is 8.85. The van der Waals surface area contributed by atoms with E-state index >= 15 is 0 Å². The van der Waals surface area contributed by atoms with Gasteiger partial charge in [-0.2, -0.15) is 0 Å². The molecule has 0 rings (SSSR count). The molecule has 0 saturated carbocycles. The molecule has 1 atom stereocenters. The molecule has 84 valence electrons. The van der Waals surface area contributed by atoms with E-state index in [1.807, 2.05) is 27.7 Å². The molecule has 0 aromatic heterocycles. The first-order valence-electron chi connectivity index (χ1n) is 4.86. The van der Waals surface area contributed by atoms with Gasteiger partial charge in [-0.3, -0.25) is 4.79 Å². The predicted octanol–water partition coefficient (Wildman–Crippen LogP) is 0.953. The lowest BCUT2D eigenvalue weighted by atomic mass is 10.2. The maximum Gasteiger partial charge on any atom is 0.325 e. The second-order valence-electron chi connectivity index (χ2n) is 4.06. The number of carbonyl (C=O) groups excluding carboxylic acids is 1. The Morgan fingerprint density at radius 3 is 2.36 bits per heavy atom. The van der Waals surface area contributed by atoms with Gasteiger partial charge in [0.1, 0.15) is 6.04 Å². The van der Waals surface area contributed by atoms with E-state index < -0.39 is 0 Å². The Balaban J connectivity index is 4.03. The van der Waals surface area contributed by atoms with Gasteiger partial charge in [-0.15, -0.1) is 0 Å². The first-order valence-corrected chi connectivity index (χ1v) is 4.86. The van der Waals surface area contributed by atoms with E-state index in [1.165, 1.54) is 7.11 Å². The third-order valence-corrected chi connectivity index (χ3v) is 1.62. The van der Waals surface area contributed by atoms with Crippen LogP contribution in [0.2, 0.25) is 0 Å². The van der Waals surface area contributed by atoms with Gasteiger partial charge < -0.3 is 14.8 Å². The fourth-order valence-electron chi connectivity index (χ4n) is 0.932. The molecule has 0 spiro atoms. The largest absolute Gasteiger partial charge is 0.468 e. The monoisotopic (exact) mass is 203 g/mol. The van der Waals surface area contributed by atoms with Crippen LogP contribution < -0.4 is 5.32 Å². The zero-order valence-corrected chi connectivity index (χ0v) is 9.72. The van der Waals surface area contributed by atoms with Crippen molar-refractivity contribution in [1.29, 1.82) is 0 Å². The number of carbonyl (C=O) groups is 1. The van der Waals surface area contributed by atoms with Crippen LogP contribution in [0.1, 0.15) is 27.7 Å². The Morgan fingerprint density at radius 1 is 1.43 bits per heavy atom. The molecule has 14 heavy (non-hydrogen) atoms. The number of hydrogen-bond acceptors (Lipinski definition) is 4. The highest BCUT2D eigenvalue weighted by molar-refractivity contribution is 5.75. The number of rotatable bonds is 5. The maximum atomic E-state index is 11.3. The van der Waals surface area contributed by atoms with Crippen molar-refractivity contribution in [3.63, 3.8) is 0 Å². The third kappa shape index (κ3) is 5.94. The predicted molar refractivity (Wildman–Crippen MR) is 55.2 cm³/mol. The van der Waals surface area contributed by atoms with Gasteiger partial charge in [-0.05, 0) is 27.3 Å². The highest BCUT2D eigenvalue weighted by atomic mass is 16.5. The van der Waals surface area contributed by atoms with Crippen molar-refractivity contribution in [1.82, 2.24) is 5.32 Å². The normalized spacial score (nSPS) is 13.8. The Morgan fingerprint density at radius 2 is 2.00 bits per heavy atom. The zero-order valence-electron chi connectivity index (χ0n) is 9.72. The van der Waals surface area contributed by atoms with Crippen molar-refractivity contribution in [3.8, 4) is 0 Å². The summed E-state index contributed by atoms with van der Waals surface area (Å²) in [6.07, 6.45) is 0. The molecule has 0 heterocycles. The Bertz CT molecular complexity index is 175. The van der Waals surface area contributed by atoms with Crippen molar-refractivity contribution >= 4 is 5.97 Å². The molecule has 1 N–H and O–H groups in total. The van der Waals surface area contributed by atoms with Crippen molar-refractivity contribution in [3.05, 3.63) is 0 Å². The molecule has 0 bridgehead atoms. The minimum atomic E-state index is -0.371. The van der Waals surface area contributed by atoms with Crippen LogP contribution in [0.5, 0.6) is 0 Å². The topological polar surface area (TPSA) is 47.6 Å². The number of hydrogen-bond donors (Lipinski definition) is 1. The zero-order chi connectivity index (χ0) is 11.2. The van der Waals surface area contributed by atoms with E-state index in [9.17, 15) is 4.79 Å². The highest BCUT2D eigenvalue weighted by Crippen LogP contribution is 2.07. The van der Waals surface area contributed by atoms with Crippen LogP contribution in [0.25, 0.3) is 0 Å². The first-order chi connectivity index (χ1) is 6.40. The van der Waals surface area contributed by atoms with Crippen LogP contribution in [0, 0.1) is 0 Å². The summed E-state index contributed by atoms with van der Waals surface area (Å²) in [6, 6.07) is -0.371. The van der Waals surface area contributed by atoms with Gasteiger partial charge >= 0.3 is 5.97 Å². The number of nitrogens with one attached hydrogen (secondary N) is 1. The van der Waals surface area contributed by atoms with E-state index in [-0.39, 0.29) is 17.6 Å². The lowest BCUT2D eigenvalue weighted by Gasteiger charge is -2.23. The molecule has 0 aromatic rings. The van der Waals surface area contributed by atoms with E-state index in [2.05, 4.69) is 10.1 Å². The summed E-state index contributed by atoms with van der Waals surface area (Å²) in [5, 5.41) is 3.01. The molecule has 0 amide bonds. The van der Waals surface area contributed by atoms with Gasteiger partial charge in [-0.25, -0.2) is 0 Å². The summed E-state index contributed by atoms with van der Waals surface area (Å²) in [5.74, 6) is -0.281. The summed E-state index contributed by atoms with van der Waals surface area (Å²) in [4.78, 5) is 11.3. The molecular formula is C10H21NO3. The molecule has 0 saturated heterocycles. The van der Waals surface area contributed by atoms with E-state index in [0.29, 0.717) is 13.2 Å². The van der Waals surface area contributed by atoms with Crippen molar-refractivity contribution in [2.24, 2.45) is 0 Å². The van der Waals surface area contributed by atoms with Crippen molar-refractivity contribution in [2.45, 2.75) is 39.3 Å². The van der Waals surface area contributed by atoms with Gasteiger partial charge in [0.15, 0.2) is 0 Å². The second-order valence-corrected chi connectivity index (χ2v) is 4.06. The molecule has 0 aliphatic heterocycles. The number of methoxy groups -OCH3 is 1. The minimum Gasteiger partial charge on any atom is -0.468 e. The van der Waals surface area contributed by atoms with E-state index in [1.54, 1.807) is 0 Å². The SMILES string of the molecule is CCNC(COC(C)(C)C)C(=O)OC. The molecule has 1 unspecified atom stereocenters. The molecule has 4 nitrogen and oxygen atoms in total. The van der Waals surface area contributed by atoms with Crippen LogP contribution >= 0.6 is 0 Å². The Labute approximate surface area is 86.0 Å². The Kier molecular flexibility index (Phi) is 5.72. The quantitative estimate of drug-likeness (QED) is 0.676. The van der Waals surface area contributed by atoms with Crippen LogP contribution in [0.3, 0.4) is 0 Å². The van der Waals surface area contributed by atoms with E-state index in [0.717, 1.165) is 0 Å². The van der Waals surface area contributed by atoms with Gasteiger partial charge in [0.2, 0.25) is 0 Å². The van der Waals surface area contributed by atoms with Gasteiger partial charge in [0, 0.05) is 0 Å². The van der Waals surface area contributed by atoms with Crippen LogP contribution in [0.15, 0.2) is 0 Å². The summed E-state index contributed by atoms with van der Waals surface area (Å²) in [7, 11) is 1.38. The maximum absolute atomic E-state index is 11.3. The number of ether oxygens (including phenoxy) is 2. The van der Waals surface area contributed by atoms with Gasteiger partial charge in [0.05, 0.1) is 19.3 Å². The van der Waals surface area contributed by atoms with Crippen LogP contribution in [0.4, 0.5) is 0 Å². The van der Waals surface area contributed by atoms with Gasteiger partial charge in [0.25, 0.3) is 0 Å². The molecule has 0 aliphatic carbocycles. The standard InChI is InChI=1S/C10H21NO3/c1-6-11-8(9(12)13-5)7-14-10(2,3)4/h8,11H,6-7H2,1-5H3. The summed E-state index contributed by atoms with van der Waals surface area (Å²) >= 11 is 0. The van der Waals surface area contributed by atoms with Crippen LogP contribution in [-0.4, -0.2) is 37.9 Å². The molecule has 0 aromatic carbocycles. The Hall–Kier alpha value is -0.610. The minimum absolute atomic E-state index is 0.234. The van der Waals surface area contributed by atoms with Crippen molar-refractivity contribution < 1.29 is 14.3 Å². The average Bonchev–Trinajstić information content (AvgIpc) is 2.09. The first kappa shape index (κ1) is 13.4. The molecule has 0 fully saturated rings. The smallest absolute Gasteiger partial charge is 0.325 e. The molecule has 0 aliphatic rings. The molecular weight excluding hydrogens is 182 g/mol. The fourth-order valence-corrected chi connectivity index (χ4v) is 0.932. The van der Waals surface area contributed by atoms with Crippen LogP contribution in [-0.2, 0) is 14.3 Å². The third-order valence-electron chi connectivity index (χ3n) is 1.62. The number of likely N-dealkylation sites (N-methyl/N-ethyl adjacent to an activating group) is 1.